The third kappa shape index (κ3) is 1.52. The van der Waals surface area contributed by atoms with E-state index in [1.807, 2.05) is 36.4 Å². The van der Waals surface area contributed by atoms with E-state index in [4.69, 9.17) is 0 Å². The SMILES string of the molecule is O=C(N/N=C\c1ccccc1)C12[C@H]3CCC[C@@H]1C32c1ccccc1. The molecule has 3 saturated carbocycles. The molecule has 3 heteroatoms. The van der Waals surface area contributed by atoms with Gasteiger partial charge in [-0.25, -0.2) is 5.43 Å². The van der Waals surface area contributed by atoms with Crippen LogP contribution in [-0.2, 0) is 10.2 Å². The van der Waals surface area contributed by atoms with Gasteiger partial charge < -0.3 is 0 Å². The molecular weight excluding hydrogens is 296 g/mol. The van der Waals surface area contributed by atoms with Crippen LogP contribution < -0.4 is 5.43 Å². The van der Waals surface area contributed by atoms with E-state index in [-0.39, 0.29) is 16.7 Å². The van der Waals surface area contributed by atoms with Crippen molar-refractivity contribution in [2.75, 3.05) is 0 Å². The summed E-state index contributed by atoms with van der Waals surface area (Å²) in [6.45, 7) is 0. The fourth-order valence-corrected chi connectivity index (χ4v) is 5.69. The Morgan fingerprint density at radius 1 is 1.00 bits per heavy atom. The van der Waals surface area contributed by atoms with Crippen molar-refractivity contribution in [3.05, 3.63) is 71.8 Å². The molecule has 0 radical (unpaired) electrons. The average Bonchev–Trinajstić information content (AvgIpc) is 3.50. The minimum absolute atomic E-state index is 0.110. The summed E-state index contributed by atoms with van der Waals surface area (Å²) < 4.78 is 0. The molecule has 0 spiro atoms. The summed E-state index contributed by atoms with van der Waals surface area (Å²) >= 11 is 0. The molecule has 3 fully saturated rings. The zero-order chi connectivity index (χ0) is 16.2. The van der Waals surface area contributed by atoms with Gasteiger partial charge in [0.2, 0.25) is 5.91 Å². The number of fused-ring (bicyclic) bond motifs is 2. The molecule has 4 atom stereocenters. The summed E-state index contributed by atoms with van der Waals surface area (Å²) in [5.74, 6) is 1.14. The number of carbonyl (C=O) groups excluding carboxylic acids is 1. The Hall–Kier alpha value is -2.42. The third-order valence-electron chi connectivity index (χ3n) is 6.51. The van der Waals surface area contributed by atoms with Crippen molar-refractivity contribution in [2.24, 2.45) is 22.4 Å². The number of amides is 1. The molecule has 0 heterocycles. The van der Waals surface area contributed by atoms with Crippen molar-refractivity contribution in [1.29, 1.82) is 0 Å². The van der Waals surface area contributed by atoms with Crippen LogP contribution in [0.4, 0.5) is 0 Å². The molecule has 1 N–H and O–H groups in total. The summed E-state index contributed by atoms with van der Waals surface area (Å²) in [6, 6.07) is 20.5. The molecule has 0 aliphatic heterocycles. The van der Waals surface area contributed by atoms with Crippen molar-refractivity contribution in [3.8, 4) is 0 Å². The summed E-state index contributed by atoms with van der Waals surface area (Å²) in [5.41, 5.74) is 5.10. The van der Waals surface area contributed by atoms with Gasteiger partial charge >= 0.3 is 0 Å². The van der Waals surface area contributed by atoms with Gasteiger partial charge in [0.05, 0.1) is 11.6 Å². The van der Waals surface area contributed by atoms with Crippen molar-refractivity contribution in [3.63, 3.8) is 0 Å². The van der Waals surface area contributed by atoms with Crippen molar-refractivity contribution >= 4 is 12.1 Å². The average molecular weight is 316 g/mol. The van der Waals surface area contributed by atoms with Gasteiger partial charge in [-0.2, -0.15) is 5.10 Å². The fraction of sp³-hybridized carbons (Fsp3) is 0.333. The highest BCUT2D eigenvalue weighted by atomic mass is 16.2. The van der Waals surface area contributed by atoms with Crippen LogP contribution in [0.5, 0.6) is 0 Å². The van der Waals surface area contributed by atoms with Crippen LogP contribution in [0, 0.1) is 17.3 Å². The van der Waals surface area contributed by atoms with Crippen molar-refractivity contribution in [1.82, 2.24) is 5.43 Å². The van der Waals surface area contributed by atoms with E-state index in [1.165, 1.54) is 24.8 Å². The zero-order valence-electron chi connectivity index (χ0n) is 13.5. The number of carbonyl (C=O) groups is 1. The number of benzene rings is 2. The lowest BCUT2D eigenvalue weighted by Crippen LogP contribution is -2.31. The molecule has 3 nitrogen and oxygen atoms in total. The largest absolute Gasteiger partial charge is 0.272 e. The van der Waals surface area contributed by atoms with Crippen LogP contribution in [0.3, 0.4) is 0 Å². The molecule has 3 aliphatic carbocycles. The van der Waals surface area contributed by atoms with E-state index in [9.17, 15) is 4.79 Å². The number of hydrogen-bond donors (Lipinski definition) is 1. The molecule has 0 saturated heterocycles. The van der Waals surface area contributed by atoms with Gasteiger partial charge in [-0.1, -0.05) is 67.1 Å². The van der Waals surface area contributed by atoms with E-state index in [1.54, 1.807) is 6.21 Å². The lowest BCUT2D eigenvalue weighted by Gasteiger charge is -2.27. The second-order valence-corrected chi connectivity index (χ2v) is 7.25. The van der Waals surface area contributed by atoms with Gasteiger partial charge in [0.15, 0.2) is 0 Å². The van der Waals surface area contributed by atoms with Crippen LogP contribution in [0.15, 0.2) is 65.8 Å². The molecule has 1 amide bonds. The maximum Gasteiger partial charge on any atom is 0.247 e. The van der Waals surface area contributed by atoms with Crippen molar-refractivity contribution in [2.45, 2.75) is 24.7 Å². The number of hydrogen-bond acceptors (Lipinski definition) is 2. The first-order valence-corrected chi connectivity index (χ1v) is 8.77. The number of hydrazone groups is 1. The van der Waals surface area contributed by atoms with Gasteiger partial charge in [-0.15, -0.1) is 0 Å². The normalized spacial score (nSPS) is 35.3. The Kier molecular flexibility index (Phi) is 2.79. The van der Waals surface area contributed by atoms with Gasteiger partial charge in [0.1, 0.15) is 0 Å². The Bertz CT molecular complexity index is 800. The molecule has 24 heavy (non-hydrogen) atoms. The predicted molar refractivity (Wildman–Crippen MR) is 93.6 cm³/mol. The number of rotatable bonds is 4. The molecule has 0 bridgehead atoms. The first kappa shape index (κ1) is 14.0. The summed E-state index contributed by atoms with van der Waals surface area (Å²) in [4.78, 5) is 12.9. The van der Waals surface area contributed by atoms with Gasteiger partial charge in [0.25, 0.3) is 0 Å². The minimum Gasteiger partial charge on any atom is -0.272 e. The topological polar surface area (TPSA) is 41.5 Å². The molecule has 2 aromatic rings. The second kappa shape index (κ2) is 4.79. The highest BCUT2D eigenvalue weighted by Crippen LogP contribution is 2.97. The van der Waals surface area contributed by atoms with Crippen LogP contribution in [0.2, 0.25) is 0 Å². The lowest BCUT2D eigenvalue weighted by atomic mass is 9.77. The molecular formula is C21H20N2O. The van der Waals surface area contributed by atoms with Gasteiger partial charge in [-0.3, -0.25) is 4.79 Å². The first-order valence-electron chi connectivity index (χ1n) is 8.77. The lowest BCUT2D eigenvalue weighted by molar-refractivity contribution is -0.126. The van der Waals surface area contributed by atoms with E-state index < -0.39 is 0 Å². The maximum atomic E-state index is 12.9. The molecule has 3 aliphatic rings. The standard InChI is InChI=1S/C21H20N2O/c24-19(23-22-14-15-8-3-1-4-9-15)21-17-12-7-13-18(21)20(17,21)16-10-5-2-6-11-16/h1-6,8-11,14,17-18H,7,12-13H2,(H,23,24)/b22-14-/t17-,18+,20?,21?. The number of nitrogens with zero attached hydrogens (tertiary/aromatic N) is 1. The second-order valence-electron chi connectivity index (χ2n) is 7.25. The van der Waals surface area contributed by atoms with E-state index in [2.05, 4.69) is 34.8 Å². The molecule has 5 rings (SSSR count). The Morgan fingerprint density at radius 3 is 2.29 bits per heavy atom. The minimum atomic E-state index is -0.180. The molecule has 2 unspecified atom stereocenters. The van der Waals surface area contributed by atoms with Crippen LogP contribution in [0.25, 0.3) is 0 Å². The van der Waals surface area contributed by atoms with E-state index in [0.717, 1.165) is 5.56 Å². The maximum absolute atomic E-state index is 12.9. The van der Waals surface area contributed by atoms with Crippen LogP contribution in [0.1, 0.15) is 30.4 Å². The molecule has 120 valence electrons. The molecule has 0 aromatic heterocycles. The van der Waals surface area contributed by atoms with Gasteiger partial charge in [0, 0.05) is 5.41 Å². The fourth-order valence-electron chi connectivity index (χ4n) is 5.69. The van der Waals surface area contributed by atoms with Crippen LogP contribution in [-0.4, -0.2) is 12.1 Å². The van der Waals surface area contributed by atoms with E-state index in [0.29, 0.717) is 11.8 Å². The quantitative estimate of drug-likeness (QED) is 0.681. The Balaban J connectivity index is 1.38. The predicted octanol–water partition coefficient (Wildman–Crippen LogP) is 3.50. The highest BCUT2D eigenvalue weighted by molar-refractivity contribution is 5.97. The zero-order valence-corrected chi connectivity index (χ0v) is 13.5. The Morgan fingerprint density at radius 2 is 1.62 bits per heavy atom. The summed E-state index contributed by atoms with van der Waals surface area (Å²) in [7, 11) is 0. The molecule has 2 aromatic carbocycles. The smallest absolute Gasteiger partial charge is 0.247 e. The van der Waals surface area contributed by atoms with Gasteiger partial charge in [-0.05, 0) is 35.8 Å². The van der Waals surface area contributed by atoms with Crippen molar-refractivity contribution < 1.29 is 4.79 Å². The van der Waals surface area contributed by atoms with Crippen LogP contribution >= 0.6 is 0 Å². The number of nitrogens with one attached hydrogen (secondary N) is 1. The Labute approximate surface area is 141 Å². The summed E-state index contributed by atoms with van der Waals surface area (Å²) in [5, 5.41) is 4.20. The third-order valence-corrected chi connectivity index (χ3v) is 6.51. The summed E-state index contributed by atoms with van der Waals surface area (Å²) in [6.07, 6.45) is 5.31. The van der Waals surface area contributed by atoms with E-state index >= 15 is 0 Å². The highest BCUT2D eigenvalue weighted by Gasteiger charge is 3.01. The monoisotopic (exact) mass is 316 g/mol. The first-order chi connectivity index (χ1) is 11.8.